The van der Waals surface area contributed by atoms with E-state index in [0.29, 0.717) is 5.92 Å². The highest BCUT2D eigenvalue weighted by Crippen LogP contribution is 2.39. The lowest BCUT2D eigenvalue weighted by atomic mass is 9.76. The monoisotopic (exact) mass is 418 g/mol. The van der Waals surface area contributed by atoms with Crippen LogP contribution in [-0.4, -0.2) is 10.2 Å². The van der Waals surface area contributed by atoms with Crippen LogP contribution in [0.25, 0.3) is 17.2 Å². The summed E-state index contributed by atoms with van der Waals surface area (Å²) in [5.74, 6) is 1.52. The summed E-state index contributed by atoms with van der Waals surface area (Å²) in [4.78, 5) is 0. The van der Waals surface area contributed by atoms with Crippen molar-refractivity contribution in [2.24, 2.45) is 5.92 Å². The first-order chi connectivity index (χ1) is 14.6. The van der Waals surface area contributed by atoms with Crippen molar-refractivity contribution in [1.82, 2.24) is 0 Å². The number of unbranched alkanes of at least 4 members (excludes halogenated alkanes) is 1. The van der Waals surface area contributed by atoms with Gasteiger partial charge in [0, 0.05) is 5.56 Å². The number of aliphatic hydroxyl groups is 1. The summed E-state index contributed by atoms with van der Waals surface area (Å²) < 4.78 is 0. The van der Waals surface area contributed by atoms with Gasteiger partial charge in [0.15, 0.2) is 5.05 Å². The maximum Gasteiger partial charge on any atom is 0.189 e. The molecule has 2 aromatic rings. The topological polar surface area (TPSA) is 20.2 Å². The van der Waals surface area contributed by atoms with E-state index in [1.807, 2.05) is 12.1 Å². The first-order valence-corrected chi connectivity index (χ1v) is 11.8. The fraction of sp³-hybridized carbons (Fsp3) is 0.393. The standard InChI is InChI=1S/C28H34OS/c1-3-5-6-7-9-22-12-16-24(17-13-22)27-20-25(18-19-26(27)28(29)30)23-14-10-21(8-4-2)11-15-23/h3,7,9,12-13,16-21,23H,1,4-6,8,10-11,14-15H2,2H3,(H,29,30). The van der Waals surface area contributed by atoms with E-state index < -0.39 is 0 Å². The van der Waals surface area contributed by atoms with Gasteiger partial charge in [-0.2, -0.15) is 0 Å². The molecule has 2 aromatic carbocycles. The Labute approximate surface area is 187 Å². The number of allylic oxidation sites excluding steroid dienone is 2. The van der Waals surface area contributed by atoms with Crippen LogP contribution in [0.1, 0.15) is 80.9 Å². The highest BCUT2D eigenvalue weighted by atomic mass is 32.1. The van der Waals surface area contributed by atoms with Crippen LogP contribution in [-0.2, 0) is 0 Å². The van der Waals surface area contributed by atoms with Gasteiger partial charge in [0.1, 0.15) is 0 Å². The minimum Gasteiger partial charge on any atom is -0.499 e. The molecule has 0 spiro atoms. The predicted octanol–water partition coefficient (Wildman–Crippen LogP) is 8.64. The molecule has 0 atom stereocenters. The van der Waals surface area contributed by atoms with Crippen molar-refractivity contribution in [3.8, 4) is 11.1 Å². The SMILES string of the molecule is C=CCCC=Cc1ccc(-c2cc(C3CCC(CCC)CC3)ccc2C(O)=S)cc1. The first kappa shape index (κ1) is 22.5. The second kappa shape index (κ2) is 11.3. The van der Waals surface area contributed by atoms with Crippen LogP contribution < -0.4 is 0 Å². The predicted molar refractivity (Wildman–Crippen MR) is 134 cm³/mol. The van der Waals surface area contributed by atoms with E-state index in [1.54, 1.807) is 0 Å². The largest absolute Gasteiger partial charge is 0.499 e. The summed E-state index contributed by atoms with van der Waals surface area (Å²) in [6.07, 6.45) is 16.1. The lowest BCUT2D eigenvalue weighted by Gasteiger charge is -2.29. The van der Waals surface area contributed by atoms with Crippen LogP contribution in [0.2, 0.25) is 0 Å². The number of benzene rings is 2. The highest BCUT2D eigenvalue weighted by Gasteiger charge is 2.23. The molecule has 0 saturated heterocycles. The Morgan fingerprint density at radius 2 is 1.80 bits per heavy atom. The molecule has 1 saturated carbocycles. The molecule has 3 rings (SSSR count). The van der Waals surface area contributed by atoms with E-state index in [1.165, 1.54) is 49.7 Å². The molecule has 0 radical (unpaired) electrons. The molecule has 0 heterocycles. The Kier molecular flexibility index (Phi) is 8.45. The summed E-state index contributed by atoms with van der Waals surface area (Å²) in [6.45, 7) is 6.05. The number of hydrogen-bond donors (Lipinski definition) is 1. The van der Waals surface area contributed by atoms with Crippen LogP contribution in [0.4, 0.5) is 0 Å². The third-order valence-electron chi connectivity index (χ3n) is 6.36. The minimum atomic E-state index is -0.0309. The van der Waals surface area contributed by atoms with Gasteiger partial charge in [0.05, 0.1) is 0 Å². The highest BCUT2D eigenvalue weighted by molar-refractivity contribution is 7.80. The zero-order valence-corrected chi connectivity index (χ0v) is 19.0. The van der Waals surface area contributed by atoms with Crippen molar-refractivity contribution in [3.63, 3.8) is 0 Å². The van der Waals surface area contributed by atoms with Gasteiger partial charge >= 0.3 is 0 Å². The van der Waals surface area contributed by atoms with Crippen molar-refractivity contribution in [3.05, 3.63) is 77.9 Å². The summed E-state index contributed by atoms with van der Waals surface area (Å²) in [6, 6.07) is 15.0. The fourth-order valence-electron chi connectivity index (χ4n) is 4.64. The Bertz CT molecular complexity index is 870. The number of thiocarbonyl (C=S) groups is 1. The second-order valence-electron chi connectivity index (χ2n) is 8.51. The average molecular weight is 419 g/mol. The summed E-state index contributed by atoms with van der Waals surface area (Å²) in [5, 5.41) is 10.1. The number of hydrogen-bond acceptors (Lipinski definition) is 1. The molecule has 0 aromatic heterocycles. The number of aliphatic hydroxyl groups excluding tert-OH is 1. The summed E-state index contributed by atoms with van der Waals surface area (Å²) in [7, 11) is 0. The van der Waals surface area contributed by atoms with Crippen molar-refractivity contribution in [2.45, 2.75) is 64.2 Å². The van der Waals surface area contributed by atoms with E-state index in [4.69, 9.17) is 12.2 Å². The molecule has 1 fully saturated rings. The molecule has 0 amide bonds. The Morgan fingerprint density at radius 3 is 2.43 bits per heavy atom. The molecule has 0 bridgehead atoms. The normalized spacial score (nSPS) is 19.1. The molecule has 1 nitrogen and oxygen atoms in total. The van der Waals surface area contributed by atoms with Gasteiger partial charge in [0.2, 0.25) is 0 Å². The fourth-order valence-corrected chi connectivity index (χ4v) is 4.82. The van der Waals surface area contributed by atoms with Gasteiger partial charge in [-0.25, -0.2) is 0 Å². The lowest BCUT2D eigenvalue weighted by molar-refractivity contribution is 0.308. The van der Waals surface area contributed by atoms with E-state index >= 15 is 0 Å². The number of rotatable bonds is 9. The minimum absolute atomic E-state index is 0.0309. The third kappa shape index (κ3) is 5.92. The second-order valence-corrected chi connectivity index (χ2v) is 8.89. The molecule has 0 unspecified atom stereocenters. The van der Waals surface area contributed by atoms with Crippen LogP contribution in [0.15, 0.2) is 61.2 Å². The van der Waals surface area contributed by atoms with Crippen LogP contribution in [0.5, 0.6) is 0 Å². The first-order valence-electron chi connectivity index (χ1n) is 11.4. The molecule has 0 aliphatic heterocycles. The van der Waals surface area contributed by atoms with Gasteiger partial charge in [-0.3, -0.25) is 0 Å². The Hall–Kier alpha value is -2.19. The third-order valence-corrected chi connectivity index (χ3v) is 6.58. The molecule has 1 aliphatic rings. The van der Waals surface area contributed by atoms with E-state index in [9.17, 15) is 5.11 Å². The van der Waals surface area contributed by atoms with Gasteiger partial charge in [-0.1, -0.05) is 74.4 Å². The summed E-state index contributed by atoms with van der Waals surface area (Å²) >= 11 is 5.14. The lowest BCUT2D eigenvalue weighted by Crippen LogP contribution is -2.13. The van der Waals surface area contributed by atoms with Gasteiger partial charge in [-0.15, -0.1) is 6.58 Å². The average Bonchev–Trinajstić information content (AvgIpc) is 2.77. The zero-order valence-electron chi connectivity index (χ0n) is 18.1. The van der Waals surface area contributed by atoms with Crippen molar-refractivity contribution in [2.75, 3.05) is 0 Å². The maximum atomic E-state index is 10.1. The van der Waals surface area contributed by atoms with Gasteiger partial charge < -0.3 is 5.11 Å². The molecular weight excluding hydrogens is 384 g/mol. The molecule has 1 N–H and O–H groups in total. The van der Waals surface area contributed by atoms with Crippen LogP contribution in [0.3, 0.4) is 0 Å². The molecular formula is C28H34OS. The zero-order chi connectivity index (χ0) is 21.3. The summed E-state index contributed by atoms with van der Waals surface area (Å²) in [5.41, 5.74) is 5.46. The molecule has 1 aliphatic carbocycles. The van der Waals surface area contributed by atoms with Crippen molar-refractivity contribution in [1.29, 1.82) is 0 Å². The Morgan fingerprint density at radius 1 is 1.07 bits per heavy atom. The molecule has 2 heteroatoms. The van der Waals surface area contributed by atoms with Gasteiger partial charge in [0.25, 0.3) is 0 Å². The molecule has 30 heavy (non-hydrogen) atoms. The maximum absolute atomic E-state index is 10.1. The van der Waals surface area contributed by atoms with Crippen LogP contribution in [0, 0.1) is 5.92 Å². The van der Waals surface area contributed by atoms with Crippen molar-refractivity contribution >= 4 is 23.3 Å². The van der Waals surface area contributed by atoms with Crippen molar-refractivity contribution < 1.29 is 5.11 Å². The van der Waals surface area contributed by atoms with Crippen LogP contribution >= 0.6 is 12.2 Å². The molecule has 158 valence electrons. The van der Waals surface area contributed by atoms with E-state index in [-0.39, 0.29) is 5.05 Å². The smallest absolute Gasteiger partial charge is 0.189 e. The van der Waals surface area contributed by atoms with Gasteiger partial charge in [-0.05, 0) is 90.9 Å². The van der Waals surface area contributed by atoms with E-state index in [2.05, 4.69) is 62.1 Å². The van der Waals surface area contributed by atoms with E-state index in [0.717, 1.165) is 35.4 Å². The Balaban J connectivity index is 1.81. The quantitative estimate of drug-likeness (QED) is 0.250.